The first-order valence-electron chi connectivity index (χ1n) is 8.09. The molecule has 1 aliphatic rings. The minimum atomic E-state index is 0.598. The molecule has 0 aromatic carbocycles. The van der Waals surface area contributed by atoms with Crippen molar-refractivity contribution in [2.75, 3.05) is 19.6 Å². The highest BCUT2D eigenvalue weighted by Gasteiger charge is 2.19. The molecule has 3 rings (SSSR count). The van der Waals surface area contributed by atoms with Crippen LogP contribution in [-0.2, 0) is 6.54 Å². The predicted octanol–water partition coefficient (Wildman–Crippen LogP) is 2.54. The Labute approximate surface area is 127 Å². The van der Waals surface area contributed by atoms with Crippen molar-refractivity contribution in [3.05, 3.63) is 36.3 Å². The van der Waals surface area contributed by atoms with Crippen molar-refractivity contribution in [2.24, 2.45) is 5.92 Å². The molecule has 2 aromatic rings. The van der Waals surface area contributed by atoms with E-state index < -0.39 is 0 Å². The van der Waals surface area contributed by atoms with Crippen molar-refractivity contribution in [2.45, 2.75) is 39.3 Å². The smallest absolute Gasteiger partial charge is 0.137 e. The number of rotatable bonds is 5. The second-order valence-electron chi connectivity index (χ2n) is 6.48. The summed E-state index contributed by atoms with van der Waals surface area (Å²) in [4.78, 5) is 7.23. The molecular formula is C17H26N4. The summed E-state index contributed by atoms with van der Waals surface area (Å²) in [6.07, 6.45) is 6.82. The van der Waals surface area contributed by atoms with E-state index in [-0.39, 0.29) is 0 Å². The van der Waals surface area contributed by atoms with Crippen LogP contribution in [0.1, 0.15) is 32.4 Å². The minimum Gasteiger partial charge on any atom is -0.314 e. The van der Waals surface area contributed by atoms with E-state index >= 15 is 0 Å². The van der Waals surface area contributed by atoms with E-state index in [0.29, 0.717) is 6.04 Å². The first-order chi connectivity index (χ1) is 10.2. The van der Waals surface area contributed by atoms with Gasteiger partial charge in [-0.25, -0.2) is 4.98 Å². The minimum absolute atomic E-state index is 0.598. The topological polar surface area (TPSA) is 32.6 Å². The van der Waals surface area contributed by atoms with Crippen molar-refractivity contribution in [3.63, 3.8) is 0 Å². The van der Waals surface area contributed by atoms with Gasteiger partial charge in [-0.3, -0.25) is 4.90 Å². The Morgan fingerprint density at radius 1 is 1.29 bits per heavy atom. The third-order valence-corrected chi connectivity index (χ3v) is 4.32. The molecule has 0 amide bonds. The van der Waals surface area contributed by atoms with Gasteiger partial charge in [0.15, 0.2) is 0 Å². The van der Waals surface area contributed by atoms with Crippen LogP contribution in [0.3, 0.4) is 0 Å². The van der Waals surface area contributed by atoms with Crippen LogP contribution in [0, 0.1) is 5.92 Å². The van der Waals surface area contributed by atoms with E-state index in [1.165, 1.54) is 38.2 Å². The molecule has 0 unspecified atom stereocenters. The number of aromatic nitrogens is 2. The lowest BCUT2D eigenvalue weighted by molar-refractivity contribution is 0.172. The molecule has 0 bridgehead atoms. The van der Waals surface area contributed by atoms with E-state index in [4.69, 9.17) is 4.98 Å². The lowest BCUT2D eigenvalue weighted by Gasteiger charge is -2.31. The summed E-state index contributed by atoms with van der Waals surface area (Å²) in [6.45, 7) is 8.97. The lowest BCUT2D eigenvalue weighted by Crippen LogP contribution is -2.38. The molecule has 1 saturated heterocycles. The molecular weight excluding hydrogens is 260 g/mol. The summed E-state index contributed by atoms with van der Waals surface area (Å²) in [7, 11) is 0. The standard InChI is InChI=1S/C17H26N4/c1-14(2)18-11-15-6-9-20(10-7-15)12-16-13-21-8-4-3-5-17(21)19-16/h3-5,8,13-15,18H,6-7,9-12H2,1-2H3. The van der Waals surface area contributed by atoms with Crippen molar-refractivity contribution in [1.29, 1.82) is 0 Å². The fraction of sp³-hybridized carbons (Fsp3) is 0.588. The van der Waals surface area contributed by atoms with Gasteiger partial charge in [-0.15, -0.1) is 0 Å². The molecule has 0 spiro atoms. The monoisotopic (exact) mass is 286 g/mol. The van der Waals surface area contributed by atoms with Crippen LogP contribution in [-0.4, -0.2) is 40.0 Å². The summed E-state index contributed by atoms with van der Waals surface area (Å²) < 4.78 is 2.11. The van der Waals surface area contributed by atoms with Gasteiger partial charge in [0, 0.05) is 25.0 Å². The number of hydrogen-bond donors (Lipinski definition) is 1. The van der Waals surface area contributed by atoms with Gasteiger partial charge >= 0.3 is 0 Å². The van der Waals surface area contributed by atoms with Gasteiger partial charge in [0.2, 0.25) is 0 Å². The Morgan fingerprint density at radius 3 is 2.81 bits per heavy atom. The second-order valence-corrected chi connectivity index (χ2v) is 6.48. The fourth-order valence-electron chi connectivity index (χ4n) is 3.04. The Balaban J connectivity index is 1.51. The summed E-state index contributed by atoms with van der Waals surface area (Å²) in [6, 6.07) is 6.75. The summed E-state index contributed by atoms with van der Waals surface area (Å²) in [5, 5.41) is 3.56. The third kappa shape index (κ3) is 3.83. The fourth-order valence-corrected chi connectivity index (χ4v) is 3.04. The summed E-state index contributed by atoms with van der Waals surface area (Å²) >= 11 is 0. The van der Waals surface area contributed by atoms with Crippen molar-refractivity contribution < 1.29 is 0 Å². The zero-order chi connectivity index (χ0) is 14.7. The third-order valence-electron chi connectivity index (χ3n) is 4.32. The maximum Gasteiger partial charge on any atom is 0.137 e. The number of hydrogen-bond acceptors (Lipinski definition) is 3. The van der Waals surface area contributed by atoms with Crippen molar-refractivity contribution >= 4 is 5.65 Å². The number of nitrogens with zero attached hydrogens (tertiary/aromatic N) is 3. The molecule has 114 valence electrons. The highest BCUT2D eigenvalue weighted by molar-refractivity contribution is 5.39. The van der Waals surface area contributed by atoms with Gasteiger partial charge in [0.05, 0.1) is 5.69 Å². The average Bonchev–Trinajstić information content (AvgIpc) is 2.88. The zero-order valence-corrected chi connectivity index (χ0v) is 13.1. The molecule has 4 nitrogen and oxygen atoms in total. The molecule has 0 atom stereocenters. The lowest BCUT2D eigenvalue weighted by atomic mass is 9.96. The van der Waals surface area contributed by atoms with E-state index in [1.54, 1.807) is 0 Å². The summed E-state index contributed by atoms with van der Waals surface area (Å²) in [5.74, 6) is 0.838. The molecule has 3 heterocycles. The largest absolute Gasteiger partial charge is 0.314 e. The average molecular weight is 286 g/mol. The molecule has 21 heavy (non-hydrogen) atoms. The molecule has 1 aliphatic heterocycles. The Kier molecular flexibility index (Phi) is 4.56. The normalized spacial score (nSPS) is 17.9. The Bertz CT molecular complexity index is 534. The highest BCUT2D eigenvalue weighted by atomic mass is 15.1. The van der Waals surface area contributed by atoms with Gasteiger partial charge in [-0.05, 0) is 50.5 Å². The number of piperidine rings is 1. The van der Waals surface area contributed by atoms with Crippen LogP contribution in [0.5, 0.6) is 0 Å². The molecule has 1 N–H and O–H groups in total. The van der Waals surface area contributed by atoms with Crippen LogP contribution in [0.25, 0.3) is 5.65 Å². The zero-order valence-electron chi connectivity index (χ0n) is 13.1. The SMILES string of the molecule is CC(C)NCC1CCN(Cc2cn3ccccc3n2)CC1. The first-order valence-corrected chi connectivity index (χ1v) is 8.09. The summed E-state index contributed by atoms with van der Waals surface area (Å²) in [5.41, 5.74) is 2.23. The molecule has 4 heteroatoms. The van der Waals surface area contributed by atoms with E-state index in [2.05, 4.69) is 46.9 Å². The second kappa shape index (κ2) is 6.58. The van der Waals surface area contributed by atoms with Crippen LogP contribution < -0.4 is 5.32 Å². The Morgan fingerprint density at radius 2 is 2.10 bits per heavy atom. The quantitative estimate of drug-likeness (QED) is 0.917. The van der Waals surface area contributed by atoms with E-state index in [0.717, 1.165) is 18.1 Å². The number of imidazole rings is 1. The van der Waals surface area contributed by atoms with Crippen molar-refractivity contribution in [1.82, 2.24) is 19.6 Å². The van der Waals surface area contributed by atoms with Gasteiger partial charge in [-0.2, -0.15) is 0 Å². The van der Waals surface area contributed by atoms with Gasteiger partial charge in [0.25, 0.3) is 0 Å². The number of nitrogens with one attached hydrogen (secondary N) is 1. The van der Waals surface area contributed by atoms with Gasteiger partial charge < -0.3 is 9.72 Å². The molecule has 0 saturated carbocycles. The van der Waals surface area contributed by atoms with E-state index in [9.17, 15) is 0 Å². The number of likely N-dealkylation sites (tertiary alicyclic amines) is 1. The highest BCUT2D eigenvalue weighted by Crippen LogP contribution is 2.18. The van der Waals surface area contributed by atoms with Crippen molar-refractivity contribution in [3.8, 4) is 0 Å². The Hall–Kier alpha value is -1.39. The maximum absolute atomic E-state index is 4.69. The van der Waals surface area contributed by atoms with Gasteiger partial charge in [-0.1, -0.05) is 19.9 Å². The van der Waals surface area contributed by atoms with Crippen LogP contribution >= 0.6 is 0 Å². The molecule has 0 aliphatic carbocycles. The van der Waals surface area contributed by atoms with Gasteiger partial charge in [0.1, 0.15) is 5.65 Å². The number of pyridine rings is 1. The van der Waals surface area contributed by atoms with Crippen LogP contribution in [0.4, 0.5) is 0 Å². The predicted molar refractivity (Wildman–Crippen MR) is 86.3 cm³/mol. The maximum atomic E-state index is 4.69. The number of fused-ring (bicyclic) bond motifs is 1. The first kappa shape index (κ1) is 14.5. The molecule has 1 fully saturated rings. The van der Waals surface area contributed by atoms with Crippen LogP contribution in [0.15, 0.2) is 30.6 Å². The molecule has 2 aromatic heterocycles. The molecule has 0 radical (unpaired) electrons. The van der Waals surface area contributed by atoms with Crippen LogP contribution in [0.2, 0.25) is 0 Å². The van der Waals surface area contributed by atoms with E-state index in [1.807, 2.05) is 12.1 Å².